The quantitative estimate of drug-likeness (QED) is 0.874. The zero-order chi connectivity index (χ0) is 15.2. The number of ether oxygens (including phenoxy) is 1. The van der Waals surface area contributed by atoms with Crippen LogP contribution >= 0.6 is 0 Å². The van der Waals surface area contributed by atoms with Gasteiger partial charge in [0, 0.05) is 19.5 Å². The van der Waals surface area contributed by atoms with Crippen molar-refractivity contribution >= 4 is 5.91 Å². The van der Waals surface area contributed by atoms with E-state index in [4.69, 9.17) is 10.5 Å². The zero-order valence-electron chi connectivity index (χ0n) is 13.0. The van der Waals surface area contributed by atoms with Crippen LogP contribution in [0, 0.1) is 5.92 Å². The summed E-state index contributed by atoms with van der Waals surface area (Å²) in [6, 6.07) is 8.24. The van der Waals surface area contributed by atoms with E-state index in [0.29, 0.717) is 24.9 Å². The smallest absolute Gasteiger partial charge is 0.222 e. The lowest BCUT2D eigenvalue weighted by Crippen LogP contribution is -2.41. The lowest BCUT2D eigenvalue weighted by Gasteiger charge is -2.29. The van der Waals surface area contributed by atoms with Crippen molar-refractivity contribution in [3.05, 3.63) is 29.8 Å². The summed E-state index contributed by atoms with van der Waals surface area (Å²) in [6.07, 6.45) is 4.75. The average molecular weight is 290 g/mol. The Labute approximate surface area is 127 Å². The Bertz CT molecular complexity index is 458. The topological polar surface area (TPSA) is 55.6 Å². The number of carbonyl (C=O) groups excluding carboxylic acids is 1. The first-order valence-corrected chi connectivity index (χ1v) is 7.74. The highest BCUT2D eigenvalue weighted by Gasteiger charge is 2.31. The van der Waals surface area contributed by atoms with Gasteiger partial charge in [0.2, 0.25) is 5.91 Å². The Balaban J connectivity index is 1.85. The minimum atomic E-state index is 0.219. The largest absolute Gasteiger partial charge is 0.497 e. The van der Waals surface area contributed by atoms with E-state index in [-0.39, 0.29) is 5.91 Å². The molecule has 1 amide bonds. The molecule has 1 aliphatic carbocycles. The van der Waals surface area contributed by atoms with Gasteiger partial charge in [-0.25, -0.2) is 0 Å². The maximum Gasteiger partial charge on any atom is 0.222 e. The summed E-state index contributed by atoms with van der Waals surface area (Å²) in [5, 5.41) is 0. The molecule has 0 radical (unpaired) electrons. The van der Waals surface area contributed by atoms with E-state index in [1.165, 1.54) is 12.0 Å². The van der Waals surface area contributed by atoms with Crippen LogP contribution in [-0.4, -0.2) is 37.6 Å². The minimum Gasteiger partial charge on any atom is -0.497 e. The molecule has 0 aliphatic heterocycles. The highest BCUT2D eigenvalue weighted by Crippen LogP contribution is 2.29. The summed E-state index contributed by atoms with van der Waals surface area (Å²) in [6.45, 7) is 0.681. The third-order valence-corrected chi connectivity index (χ3v) is 4.60. The van der Waals surface area contributed by atoms with Gasteiger partial charge in [0.1, 0.15) is 5.75 Å². The highest BCUT2D eigenvalue weighted by molar-refractivity contribution is 5.76. The number of hydrogen-bond donors (Lipinski definition) is 1. The normalized spacial score (nSPS) is 21.3. The number of carbonyl (C=O) groups is 1. The molecule has 0 saturated heterocycles. The van der Waals surface area contributed by atoms with Crippen LogP contribution in [0.3, 0.4) is 0 Å². The Morgan fingerprint density at radius 2 is 2.05 bits per heavy atom. The number of nitrogens with two attached hydrogens (primary N) is 1. The van der Waals surface area contributed by atoms with Crippen LogP contribution in [0.4, 0.5) is 0 Å². The molecule has 0 spiro atoms. The molecular weight excluding hydrogens is 264 g/mol. The summed E-state index contributed by atoms with van der Waals surface area (Å²) in [7, 11) is 3.58. The van der Waals surface area contributed by atoms with Gasteiger partial charge in [0.05, 0.1) is 7.11 Å². The van der Waals surface area contributed by atoms with Gasteiger partial charge in [0.15, 0.2) is 0 Å². The molecule has 1 saturated carbocycles. The minimum absolute atomic E-state index is 0.219. The third-order valence-electron chi connectivity index (χ3n) is 4.60. The zero-order valence-corrected chi connectivity index (χ0v) is 13.0. The monoisotopic (exact) mass is 290 g/mol. The number of benzene rings is 1. The number of amides is 1. The van der Waals surface area contributed by atoms with Gasteiger partial charge in [0.25, 0.3) is 0 Å². The van der Waals surface area contributed by atoms with Gasteiger partial charge in [-0.15, -0.1) is 0 Å². The van der Waals surface area contributed by atoms with Gasteiger partial charge in [-0.1, -0.05) is 18.6 Å². The van der Waals surface area contributed by atoms with Gasteiger partial charge in [-0.3, -0.25) is 4.79 Å². The molecule has 4 heteroatoms. The van der Waals surface area contributed by atoms with Gasteiger partial charge < -0.3 is 15.4 Å². The van der Waals surface area contributed by atoms with Crippen molar-refractivity contribution in [3.63, 3.8) is 0 Å². The van der Waals surface area contributed by atoms with E-state index >= 15 is 0 Å². The molecule has 21 heavy (non-hydrogen) atoms. The van der Waals surface area contributed by atoms with E-state index in [1.54, 1.807) is 7.11 Å². The first-order valence-electron chi connectivity index (χ1n) is 7.74. The second-order valence-electron chi connectivity index (χ2n) is 5.85. The maximum absolute atomic E-state index is 12.3. The molecule has 1 aromatic rings. The molecule has 0 heterocycles. The number of methoxy groups -OCH3 is 1. The van der Waals surface area contributed by atoms with Crippen molar-refractivity contribution in [1.29, 1.82) is 0 Å². The fourth-order valence-electron chi connectivity index (χ4n) is 3.21. The van der Waals surface area contributed by atoms with E-state index < -0.39 is 0 Å². The summed E-state index contributed by atoms with van der Waals surface area (Å²) in [5.41, 5.74) is 6.97. The van der Waals surface area contributed by atoms with Crippen LogP contribution < -0.4 is 10.5 Å². The lowest BCUT2D eigenvalue weighted by atomic mass is 10.0. The molecule has 1 aliphatic rings. The second-order valence-corrected chi connectivity index (χ2v) is 5.85. The predicted molar refractivity (Wildman–Crippen MR) is 84.3 cm³/mol. The van der Waals surface area contributed by atoms with Crippen molar-refractivity contribution in [1.82, 2.24) is 4.90 Å². The maximum atomic E-state index is 12.3. The predicted octanol–water partition coefficient (Wildman–Crippen LogP) is 2.21. The molecule has 4 nitrogen and oxygen atoms in total. The molecule has 0 bridgehead atoms. The highest BCUT2D eigenvalue weighted by atomic mass is 16.5. The molecule has 0 aromatic heterocycles. The van der Waals surface area contributed by atoms with Crippen LogP contribution in [0.25, 0.3) is 0 Å². The first kappa shape index (κ1) is 15.8. The molecule has 116 valence electrons. The standard InChI is InChI=1S/C17H26N2O2/c1-19(16-5-3-4-14(16)12-18)17(20)11-8-13-6-9-15(21-2)10-7-13/h6-7,9-10,14,16H,3-5,8,11-12,18H2,1-2H3. The van der Waals surface area contributed by atoms with Crippen LogP contribution in [0.5, 0.6) is 5.75 Å². The Morgan fingerprint density at radius 1 is 1.33 bits per heavy atom. The van der Waals surface area contributed by atoms with Crippen molar-refractivity contribution < 1.29 is 9.53 Å². The molecular formula is C17H26N2O2. The number of hydrogen-bond acceptors (Lipinski definition) is 3. The molecule has 1 fully saturated rings. The van der Waals surface area contributed by atoms with Gasteiger partial charge >= 0.3 is 0 Å². The van der Waals surface area contributed by atoms with Crippen LogP contribution in [0.1, 0.15) is 31.2 Å². The van der Waals surface area contributed by atoms with Crippen LogP contribution in [0.2, 0.25) is 0 Å². The van der Waals surface area contributed by atoms with E-state index in [9.17, 15) is 4.79 Å². The van der Waals surface area contributed by atoms with Crippen LogP contribution in [-0.2, 0) is 11.2 Å². The summed E-state index contributed by atoms with van der Waals surface area (Å²) < 4.78 is 5.14. The SMILES string of the molecule is COc1ccc(CCC(=O)N(C)C2CCCC2CN)cc1. The van der Waals surface area contributed by atoms with Crippen molar-refractivity contribution in [3.8, 4) is 5.75 Å². The number of rotatable bonds is 6. The molecule has 2 atom stereocenters. The lowest BCUT2D eigenvalue weighted by molar-refractivity contribution is -0.132. The van der Waals surface area contributed by atoms with Gasteiger partial charge in [-0.05, 0) is 49.4 Å². The Morgan fingerprint density at radius 3 is 2.67 bits per heavy atom. The van der Waals surface area contributed by atoms with Crippen molar-refractivity contribution in [2.75, 3.05) is 20.7 Å². The first-order chi connectivity index (χ1) is 10.2. The number of aryl methyl sites for hydroxylation is 1. The van der Waals surface area contributed by atoms with Crippen LogP contribution in [0.15, 0.2) is 24.3 Å². The Kier molecular flexibility index (Phi) is 5.62. The fraction of sp³-hybridized carbons (Fsp3) is 0.588. The third kappa shape index (κ3) is 3.97. The molecule has 2 N–H and O–H groups in total. The van der Waals surface area contributed by atoms with Crippen molar-refractivity contribution in [2.45, 2.75) is 38.1 Å². The fourth-order valence-corrected chi connectivity index (χ4v) is 3.21. The second kappa shape index (κ2) is 7.46. The van der Waals surface area contributed by atoms with E-state index in [1.807, 2.05) is 36.2 Å². The van der Waals surface area contributed by atoms with Crippen molar-refractivity contribution in [2.24, 2.45) is 11.7 Å². The Hall–Kier alpha value is -1.55. The molecule has 2 unspecified atom stereocenters. The van der Waals surface area contributed by atoms with Gasteiger partial charge in [-0.2, -0.15) is 0 Å². The summed E-state index contributed by atoms with van der Waals surface area (Å²) in [5.74, 6) is 1.54. The molecule has 2 rings (SSSR count). The average Bonchev–Trinajstić information content (AvgIpc) is 3.00. The summed E-state index contributed by atoms with van der Waals surface area (Å²) >= 11 is 0. The van der Waals surface area contributed by atoms with E-state index in [2.05, 4.69) is 0 Å². The molecule has 1 aromatic carbocycles. The summed E-state index contributed by atoms with van der Waals surface area (Å²) in [4.78, 5) is 14.3. The number of nitrogens with zero attached hydrogens (tertiary/aromatic N) is 1. The van der Waals surface area contributed by atoms with E-state index in [0.717, 1.165) is 25.0 Å².